The van der Waals surface area contributed by atoms with Gasteiger partial charge in [0, 0.05) is 5.56 Å². The molecule has 1 aliphatic rings. The molecule has 1 aromatic carbocycles. The molecule has 1 aliphatic heterocycles. The second-order valence-corrected chi connectivity index (χ2v) is 4.53. The highest BCUT2D eigenvalue weighted by Crippen LogP contribution is 2.31. The van der Waals surface area contributed by atoms with Crippen molar-refractivity contribution in [2.45, 2.75) is 4.41 Å². The van der Waals surface area contributed by atoms with Crippen LogP contribution in [-0.2, 0) is 0 Å². The van der Waals surface area contributed by atoms with Crippen LogP contribution in [0.25, 0.3) is 6.08 Å². The Labute approximate surface area is 81.0 Å². The monoisotopic (exact) mass is 222 g/mol. The lowest BCUT2D eigenvalue weighted by Gasteiger charge is -2.26. The van der Waals surface area contributed by atoms with Gasteiger partial charge in [0.1, 0.15) is 10.2 Å². The Kier molecular flexibility index (Phi) is 1.76. The molecule has 0 aliphatic carbocycles. The molecule has 0 saturated heterocycles. The number of benzene rings is 1. The van der Waals surface area contributed by atoms with Crippen LogP contribution >= 0.6 is 15.9 Å². The van der Waals surface area contributed by atoms with E-state index in [1.807, 2.05) is 38.2 Å². The minimum atomic E-state index is -0.346. The van der Waals surface area contributed by atoms with Gasteiger partial charge in [0.25, 0.3) is 0 Å². The van der Waals surface area contributed by atoms with Crippen molar-refractivity contribution in [2.75, 3.05) is 0 Å². The molecule has 1 nitrogen and oxygen atoms in total. The van der Waals surface area contributed by atoms with E-state index in [2.05, 4.69) is 22.0 Å². The number of alkyl halides is 1. The molecule has 0 radical (unpaired) electrons. The first kappa shape index (κ1) is 7.93. The fraction of sp³-hybridized carbons (Fsp3) is 0.111. The fourth-order valence-electron chi connectivity index (χ4n) is 1.20. The maximum atomic E-state index is 5.65. The van der Waals surface area contributed by atoms with Gasteiger partial charge in [-0.3, -0.25) is 0 Å². The zero-order chi connectivity index (χ0) is 8.60. The predicted octanol–water partition coefficient (Wildman–Crippen LogP) is 1.77. The molecule has 1 aromatic rings. The smallest absolute Gasteiger partial charge is 0.178 e. The molecule has 0 bridgehead atoms. The van der Waals surface area contributed by atoms with Crippen molar-refractivity contribution in [1.82, 2.24) is 0 Å². The largest absolute Gasteiger partial charge is 0.481 e. The van der Waals surface area contributed by atoms with Gasteiger partial charge in [-0.05, 0) is 28.1 Å². The van der Waals surface area contributed by atoms with Gasteiger partial charge >= 0.3 is 0 Å². The average molecular weight is 223 g/mol. The van der Waals surface area contributed by atoms with E-state index in [1.54, 1.807) is 0 Å². The highest BCUT2D eigenvalue weighted by molar-refractivity contribution is 9.10. The third-order valence-electron chi connectivity index (χ3n) is 1.79. The highest BCUT2D eigenvalue weighted by atomic mass is 79.9. The molecule has 12 heavy (non-hydrogen) atoms. The van der Waals surface area contributed by atoms with Crippen LogP contribution in [0, 0.1) is 0 Å². The molecule has 1 unspecified atom stereocenters. The second-order valence-electron chi connectivity index (χ2n) is 2.96. The highest BCUT2D eigenvalue weighted by Gasteiger charge is 2.22. The summed E-state index contributed by atoms with van der Waals surface area (Å²) in [6.45, 7) is 0. The molecule has 0 spiro atoms. The first-order chi connectivity index (χ1) is 5.67. The minimum Gasteiger partial charge on any atom is -0.481 e. The summed E-state index contributed by atoms with van der Waals surface area (Å²) in [7, 11) is 1.97. The van der Waals surface area contributed by atoms with Crippen LogP contribution in [-0.4, -0.2) is 12.3 Å². The quantitative estimate of drug-likeness (QED) is 0.481. The van der Waals surface area contributed by atoms with E-state index >= 15 is 0 Å². The summed E-state index contributed by atoms with van der Waals surface area (Å²) in [6, 6.07) is 7.98. The van der Waals surface area contributed by atoms with Gasteiger partial charge in [-0.25, -0.2) is 0 Å². The Morgan fingerprint density at radius 1 is 1.33 bits per heavy atom. The normalized spacial score (nSPS) is 26.1. The summed E-state index contributed by atoms with van der Waals surface area (Å²) in [6.07, 6.45) is 4.06. The third-order valence-corrected chi connectivity index (χ3v) is 2.22. The van der Waals surface area contributed by atoms with Crippen LogP contribution in [0.5, 0.6) is 5.75 Å². The SMILES string of the molecule is BC1(Br)C=Cc2ccccc2O1. The van der Waals surface area contributed by atoms with Crippen LogP contribution in [0.3, 0.4) is 0 Å². The van der Waals surface area contributed by atoms with Crippen molar-refractivity contribution in [3.63, 3.8) is 0 Å². The average Bonchev–Trinajstić information content (AvgIpc) is 2.02. The first-order valence-corrected chi connectivity index (χ1v) is 4.63. The lowest BCUT2D eigenvalue weighted by molar-refractivity contribution is 0.298. The fourth-order valence-corrected chi connectivity index (χ4v) is 1.51. The molecule has 3 heteroatoms. The lowest BCUT2D eigenvalue weighted by Crippen LogP contribution is -2.28. The van der Waals surface area contributed by atoms with Gasteiger partial charge in [-0.1, -0.05) is 24.3 Å². The van der Waals surface area contributed by atoms with Gasteiger partial charge in [-0.2, -0.15) is 0 Å². The van der Waals surface area contributed by atoms with Crippen LogP contribution < -0.4 is 4.74 Å². The molecular weight excluding hydrogens is 215 g/mol. The topological polar surface area (TPSA) is 9.23 Å². The number of halogens is 1. The number of ether oxygens (including phenoxy) is 1. The summed E-state index contributed by atoms with van der Waals surface area (Å²) in [5.74, 6) is 0.930. The molecule has 0 fully saturated rings. The van der Waals surface area contributed by atoms with Gasteiger partial charge in [0.2, 0.25) is 0 Å². The van der Waals surface area contributed by atoms with Gasteiger partial charge in [-0.15, -0.1) is 0 Å². The number of fused-ring (bicyclic) bond motifs is 1. The molecular formula is C9H8BBrO. The number of rotatable bonds is 0. The van der Waals surface area contributed by atoms with E-state index < -0.39 is 0 Å². The molecule has 1 atom stereocenters. The number of hydrogen-bond donors (Lipinski definition) is 0. The second kappa shape index (κ2) is 2.66. The van der Waals surface area contributed by atoms with Crippen molar-refractivity contribution in [1.29, 1.82) is 0 Å². The molecule has 0 amide bonds. The Morgan fingerprint density at radius 3 is 2.92 bits per heavy atom. The van der Waals surface area contributed by atoms with E-state index in [9.17, 15) is 0 Å². The van der Waals surface area contributed by atoms with Crippen LogP contribution in [0.2, 0.25) is 0 Å². The summed E-state index contributed by atoms with van der Waals surface area (Å²) < 4.78 is 5.30. The molecule has 0 N–H and O–H groups in total. The zero-order valence-corrected chi connectivity index (χ0v) is 8.34. The van der Waals surface area contributed by atoms with Crippen LogP contribution in [0.1, 0.15) is 5.56 Å². The van der Waals surface area contributed by atoms with Crippen LogP contribution in [0.15, 0.2) is 30.3 Å². The Morgan fingerprint density at radius 2 is 2.08 bits per heavy atom. The Balaban J connectivity index is 2.46. The van der Waals surface area contributed by atoms with Gasteiger partial charge in [0.05, 0.1) is 0 Å². The Bertz CT molecular complexity index is 333. The van der Waals surface area contributed by atoms with Gasteiger partial charge < -0.3 is 4.74 Å². The van der Waals surface area contributed by atoms with E-state index in [4.69, 9.17) is 4.74 Å². The minimum absolute atomic E-state index is 0.346. The Hall–Kier alpha value is -0.695. The van der Waals surface area contributed by atoms with Gasteiger partial charge in [0.15, 0.2) is 7.85 Å². The first-order valence-electron chi connectivity index (χ1n) is 3.84. The van der Waals surface area contributed by atoms with E-state index in [-0.39, 0.29) is 4.41 Å². The summed E-state index contributed by atoms with van der Waals surface area (Å²) >= 11 is 3.45. The number of para-hydroxylation sites is 1. The van der Waals surface area contributed by atoms with E-state index in [0.717, 1.165) is 11.3 Å². The summed E-state index contributed by atoms with van der Waals surface area (Å²) in [5, 5.41) is 0. The van der Waals surface area contributed by atoms with Crippen molar-refractivity contribution in [3.05, 3.63) is 35.9 Å². The lowest BCUT2D eigenvalue weighted by atomic mass is 9.96. The maximum Gasteiger partial charge on any atom is 0.178 e. The molecule has 0 saturated carbocycles. The maximum absolute atomic E-state index is 5.65. The zero-order valence-electron chi connectivity index (χ0n) is 6.75. The summed E-state index contributed by atoms with van der Waals surface area (Å²) in [5.41, 5.74) is 1.13. The third kappa shape index (κ3) is 1.41. The van der Waals surface area contributed by atoms with E-state index in [0.29, 0.717) is 0 Å². The molecule has 0 aromatic heterocycles. The molecule has 60 valence electrons. The van der Waals surface area contributed by atoms with Crippen LogP contribution in [0.4, 0.5) is 0 Å². The summed E-state index contributed by atoms with van der Waals surface area (Å²) in [4.78, 5) is 0. The molecule has 2 rings (SSSR count). The molecule has 1 heterocycles. The standard InChI is InChI=1S/C9H8BBrO/c10-9(11)6-5-7-3-1-2-4-8(7)12-9/h1-6H,10H2. The van der Waals surface area contributed by atoms with Crippen molar-refractivity contribution in [3.8, 4) is 5.75 Å². The van der Waals surface area contributed by atoms with Crippen molar-refractivity contribution < 1.29 is 4.74 Å². The number of hydrogen-bond acceptors (Lipinski definition) is 1. The van der Waals surface area contributed by atoms with Crippen molar-refractivity contribution in [2.24, 2.45) is 0 Å². The predicted molar refractivity (Wildman–Crippen MR) is 56.3 cm³/mol. The van der Waals surface area contributed by atoms with E-state index in [1.165, 1.54) is 0 Å². The van der Waals surface area contributed by atoms with Crippen molar-refractivity contribution >= 4 is 29.9 Å².